The molecule has 4 nitrogen and oxygen atoms in total. The predicted molar refractivity (Wildman–Crippen MR) is 73.6 cm³/mol. The molecule has 2 aromatic rings. The highest BCUT2D eigenvalue weighted by atomic mass is 79.9. The van der Waals surface area contributed by atoms with Crippen LogP contribution in [0.25, 0.3) is 0 Å². The monoisotopic (exact) mass is 305 g/mol. The highest BCUT2D eigenvalue weighted by molar-refractivity contribution is 9.10. The molecule has 2 rings (SSSR count). The second kappa shape index (κ2) is 5.27. The molecule has 0 fully saturated rings. The van der Waals surface area contributed by atoms with Crippen molar-refractivity contribution in [1.29, 1.82) is 0 Å². The van der Waals surface area contributed by atoms with Crippen molar-refractivity contribution in [2.24, 2.45) is 0 Å². The predicted octanol–water partition coefficient (Wildman–Crippen LogP) is 3.11. The van der Waals surface area contributed by atoms with Gasteiger partial charge in [0.1, 0.15) is 5.82 Å². The molecule has 2 heterocycles. The molecule has 0 aliphatic carbocycles. The maximum Gasteiger partial charge on any atom is 0.256 e. The van der Waals surface area contributed by atoms with Crippen LogP contribution in [-0.2, 0) is 0 Å². The van der Waals surface area contributed by atoms with Crippen LogP contribution >= 0.6 is 15.9 Å². The molecule has 0 aromatic carbocycles. The van der Waals surface area contributed by atoms with Crippen LogP contribution in [0.3, 0.4) is 0 Å². The lowest BCUT2D eigenvalue weighted by Gasteiger charge is -2.06. The van der Waals surface area contributed by atoms with Gasteiger partial charge in [-0.15, -0.1) is 0 Å². The normalized spacial score (nSPS) is 10.2. The van der Waals surface area contributed by atoms with Crippen LogP contribution in [0.4, 0.5) is 5.82 Å². The number of nitrogens with zero attached hydrogens (tertiary/aromatic N) is 2. The zero-order chi connectivity index (χ0) is 13.1. The Hall–Kier alpha value is -1.75. The number of carbonyl (C=O) groups excluding carboxylic acids is 1. The van der Waals surface area contributed by atoms with E-state index >= 15 is 0 Å². The van der Waals surface area contributed by atoms with E-state index in [1.165, 1.54) is 0 Å². The van der Waals surface area contributed by atoms with Crippen molar-refractivity contribution in [3.8, 4) is 0 Å². The smallest absolute Gasteiger partial charge is 0.256 e. The van der Waals surface area contributed by atoms with Gasteiger partial charge in [-0.25, -0.2) is 4.98 Å². The van der Waals surface area contributed by atoms with Gasteiger partial charge in [0.25, 0.3) is 5.91 Å². The summed E-state index contributed by atoms with van der Waals surface area (Å²) in [5.74, 6) is 0.352. The largest absolute Gasteiger partial charge is 0.307 e. The van der Waals surface area contributed by atoms with Crippen LogP contribution < -0.4 is 5.32 Å². The summed E-state index contributed by atoms with van der Waals surface area (Å²) in [5.41, 5.74) is 2.40. The van der Waals surface area contributed by atoms with E-state index in [9.17, 15) is 4.79 Å². The number of anilines is 1. The van der Waals surface area contributed by atoms with Gasteiger partial charge in [0.2, 0.25) is 0 Å². The summed E-state index contributed by atoms with van der Waals surface area (Å²) in [6.45, 7) is 3.79. The molecule has 1 amide bonds. The summed E-state index contributed by atoms with van der Waals surface area (Å²) in [5, 5.41) is 2.75. The number of rotatable bonds is 2. The third-order valence-corrected chi connectivity index (χ3v) is 3.28. The van der Waals surface area contributed by atoms with Gasteiger partial charge >= 0.3 is 0 Å². The average Bonchev–Trinajstić information content (AvgIpc) is 2.34. The Balaban J connectivity index is 2.18. The number of hydrogen-bond acceptors (Lipinski definition) is 3. The molecule has 5 heteroatoms. The molecule has 2 aromatic heterocycles. The fraction of sp³-hybridized carbons (Fsp3) is 0.154. The SMILES string of the molecule is Cc1cc(C(=O)Nc2cc(C)c(Br)cn2)ccn1. The topological polar surface area (TPSA) is 54.9 Å². The second-order valence-electron chi connectivity index (χ2n) is 3.96. The maximum absolute atomic E-state index is 12.0. The van der Waals surface area contributed by atoms with Gasteiger partial charge in [0.15, 0.2) is 0 Å². The molecule has 0 atom stereocenters. The summed E-state index contributed by atoms with van der Waals surface area (Å²) in [6.07, 6.45) is 3.28. The lowest BCUT2D eigenvalue weighted by Crippen LogP contribution is -2.13. The van der Waals surface area contributed by atoms with E-state index in [0.717, 1.165) is 15.7 Å². The quantitative estimate of drug-likeness (QED) is 0.927. The van der Waals surface area contributed by atoms with Crippen LogP contribution in [0.1, 0.15) is 21.6 Å². The zero-order valence-corrected chi connectivity index (χ0v) is 11.7. The van der Waals surface area contributed by atoms with Crippen molar-refractivity contribution < 1.29 is 4.79 Å². The first-order valence-corrected chi connectivity index (χ1v) is 6.22. The minimum atomic E-state index is -0.185. The van der Waals surface area contributed by atoms with Crippen LogP contribution in [0.15, 0.2) is 35.1 Å². The minimum absolute atomic E-state index is 0.185. The molecular weight excluding hydrogens is 294 g/mol. The van der Waals surface area contributed by atoms with Crippen molar-refractivity contribution in [2.75, 3.05) is 5.32 Å². The van der Waals surface area contributed by atoms with E-state index < -0.39 is 0 Å². The fourth-order valence-electron chi connectivity index (χ4n) is 1.48. The van der Waals surface area contributed by atoms with Crippen LogP contribution in [0.5, 0.6) is 0 Å². The summed E-state index contributed by atoms with van der Waals surface area (Å²) < 4.78 is 0.917. The number of amides is 1. The average molecular weight is 306 g/mol. The standard InChI is InChI=1S/C13H12BrN3O/c1-8-5-12(16-7-11(8)14)17-13(18)10-3-4-15-9(2)6-10/h3-7H,1-2H3,(H,16,17,18). The minimum Gasteiger partial charge on any atom is -0.307 e. The third kappa shape index (κ3) is 2.92. The van der Waals surface area contributed by atoms with Gasteiger partial charge < -0.3 is 5.32 Å². The molecular formula is C13H12BrN3O. The van der Waals surface area contributed by atoms with Crippen LogP contribution in [0.2, 0.25) is 0 Å². The summed E-state index contributed by atoms with van der Waals surface area (Å²) >= 11 is 3.37. The molecule has 18 heavy (non-hydrogen) atoms. The Labute approximate surface area is 114 Å². The number of aryl methyl sites for hydroxylation is 2. The summed E-state index contributed by atoms with van der Waals surface area (Å²) in [4.78, 5) is 20.2. The number of pyridine rings is 2. The van der Waals surface area contributed by atoms with E-state index in [4.69, 9.17) is 0 Å². The molecule has 0 spiro atoms. The number of nitrogens with one attached hydrogen (secondary N) is 1. The Bertz CT molecular complexity index is 599. The van der Waals surface area contributed by atoms with Crippen LogP contribution in [0, 0.1) is 13.8 Å². The van der Waals surface area contributed by atoms with Crippen molar-refractivity contribution >= 4 is 27.7 Å². The first-order valence-electron chi connectivity index (χ1n) is 5.42. The second-order valence-corrected chi connectivity index (χ2v) is 4.81. The van der Waals surface area contributed by atoms with Gasteiger partial charge in [-0.05, 0) is 53.5 Å². The summed E-state index contributed by atoms with van der Waals surface area (Å²) in [7, 11) is 0. The summed E-state index contributed by atoms with van der Waals surface area (Å²) in [6, 6.07) is 5.23. The van der Waals surface area contributed by atoms with Gasteiger partial charge in [-0.2, -0.15) is 0 Å². The number of halogens is 1. The molecule has 0 bridgehead atoms. The van der Waals surface area contributed by atoms with E-state index in [-0.39, 0.29) is 5.91 Å². The highest BCUT2D eigenvalue weighted by Crippen LogP contribution is 2.17. The Morgan fingerprint density at radius 1 is 1.28 bits per heavy atom. The van der Waals surface area contributed by atoms with Gasteiger partial charge in [0, 0.05) is 28.1 Å². The first-order chi connectivity index (χ1) is 8.56. The first kappa shape index (κ1) is 12.7. The number of hydrogen-bond donors (Lipinski definition) is 1. The number of aromatic nitrogens is 2. The van der Waals surface area contributed by atoms with Crippen molar-refractivity contribution in [2.45, 2.75) is 13.8 Å². The molecule has 0 saturated heterocycles. The Morgan fingerprint density at radius 2 is 2.06 bits per heavy atom. The third-order valence-electron chi connectivity index (χ3n) is 2.45. The Morgan fingerprint density at radius 3 is 2.72 bits per heavy atom. The van der Waals surface area contributed by atoms with E-state index in [1.54, 1.807) is 24.5 Å². The van der Waals surface area contributed by atoms with E-state index in [2.05, 4.69) is 31.2 Å². The van der Waals surface area contributed by atoms with E-state index in [1.807, 2.05) is 19.9 Å². The van der Waals surface area contributed by atoms with Gasteiger partial charge in [-0.3, -0.25) is 9.78 Å². The Kier molecular flexibility index (Phi) is 3.72. The van der Waals surface area contributed by atoms with E-state index in [0.29, 0.717) is 11.4 Å². The van der Waals surface area contributed by atoms with Gasteiger partial charge in [0.05, 0.1) is 0 Å². The van der Waals surface area contributed by atoms with Gasteiger partial charge in [-0.1, -0.05) is 0 Å². The van der Waals surface area contributed by atoms with Crippen molar-refractivity contribution in [1.82, 2.24) is 9.97 Å². The van der Waals surface area contributed by atoms with Crippen molar-refractivity contribution in [3.05, 3.63) is 51.9 Å². The van der Waals surface area contributed by atoms with Crippen molar-refractivity contribution in [3.63, 3.8) is 0 Å². The molecule has 0 saturated carbocycles. The lowest BCUT2D eigenvalue weighted by molar-refractivity contribution is 0.102. The zero-order valence-electron chi connectivity index (χ0n) is 10.1. The highest BCUT2D eigenvalue weighted by Gasteiger charge is 2.07. The molecule has 0 radical (unpaired) electrons. The maximum atomic E-state index is 12.0. The molecule has 0 aliphatic heterocycles. The fourth-order valence-corrected chi connectivity index (χ4v) is 1.70. The molecule has 1 N–H and O–H groups in total. The lowest BCUT2D eigenvalue weighted by atomic mass is 10.2. The molecule has 0 aliphatic rings. The number of carbonyl (C=O) groups is 1. The molecule has 0 unspecified atom stereocenters. The van der Waals surface area contributed by atoms with Crippen LogP contribution in [-0.4, -0.2) is 15.9 Å². The molecule has 92 valence electrons.